The van der Waals surface area contributed by atoms with E-state index in [4.69, 9.17) is 9.26 Å². The van der Waals surface area contributed by atoms with E-state index in [1.807, 2.05) is 13.1 Å². The third kappa shape index (κ3) is 2.11. The number of rotatable bonds is 4. The van der Waals surface area contributed by atoms with Gasteiger partial charge in [0.1, 0.15) is 5.75 Å². The van der Waals surface area contributed by atoms with Crippen molar-refractivity contribution in [1.82, 2.24) is 15.5 Å². The standard InChI is InChI=1S/C17H21N3O2/c1-11(18-2)9-15-19-16(22-20-15)13-10-17(13)7-8-21-14-6-4-3-5-12(14)17/h3-6,11,13,18H,7-10H2,1-2H3. The van der Waals surface area contributed by atoms with Gasteiger partial charge >= 0.3 is 0 Å². The third-order valence-electron chi connectivity index (χ3n) is 5.07. The van der Waals surface area contributed by atoms with E-state index in [-0.39, 0.29) is 5.41 Å². The molecule has 2 aliphatic rings. The van der Waals surface area contributed by atoms with Crippen molar-refractivity contribution in [1.29, 1.82) is 0 Å². The van der Waals surface area contributed by atoms with E-state index in [9.17, 15) is 0 Å². The van der Waals surface area contributed by atoms with Gasteiger partial charge in [-0.1, -0.05) is 23.4 Å². The van der Waals surface area contributed by atoms with Crippen LogP contribution in [0.1, 0.15) is 43.0 Å². The summed E-state index contributed by atoms with van der Waals surface area (Å²) in [7, 11) is 1.94. The highest BCUT2D eigenvalue weighted by molar-refractivity contribution is 5.48. The van der Waals surface area contributed by atoms with E-state index in [2.05, 4.69) is 40.6 Å². The topological polar surface area (TPSA) is 60.2 Å². The van der Waals surface area contributed by atoms with Gasteiger partial charge in [0.15, 0.2) is 5.82 Å². The minimum Gasteiger partial charge on any atom is -0.493 e. The lowest BCUT2D eigenvalue weighted by Crippen LogP contribution is -2.24. The molecule has 1 fully saturated rings. The van der Waals surface area contributed by atoms with E-state index >= 15 is 0 Å². The third-order valence-corrected chi connectivity index (χ3v) is 5.07. The molecule has 5 heteroatoms. The molecule has 1 N–H and O–H groups in total. The number of hydrogen-bond acceptors (Lipinski definition) is 5. The van der Waals surface area contributed by atoms with Crippen LogP contribution in [0.5, 0.6) is 5.75 Å². The van der Waals surface area contributed by atoms with Crippen LogP contribution in [0.15, 0.2) is 28.8 Å². The number of ether oxygens (including phenoxy) is 1. The van der Waals surface area contributed by atoms with Crippen LogP contribution in [0.3, 0.4) is 0 Å². The molecule has 0 bridgehead atoms. The molecule has 1 aliphatic heterocycles. The zero-order valence-corrected chi connectivity index (χ0v) is 13.0. The zero-order valence-electron chi connectivity index (χ0n) is 13.0. The summed E-state index contributed by atoms with van der Waals surface area (Å²) in [6.07, 6.45) is 2.90. The molecule has 4 rings (SSSR count). The monoisotopic (exact) mass is 299 g/mol. The van der Waals surface area contributed by atoms with Crippen LogP contribution >= 0.6 is 0 Å². The average Bonchev–Trinajstić information content (AvgIpc) is 3.06. The molecule has 0 amide bonds. The fourth-order valence-electron chi connectivity index (χ4n) is 3.55. The molecule has 3 atom stereocenters. The lowest BCUT2D eigenvalue weighted by Gasteiger charge is -2.26. The van der Waals surface area contributed by atoms with Crippen molar-refractivity contribution in [2.75, 3.05) is 13.7 Å². The molecule has 116 valence electrons. The molecule has 0 radical (unpaired) electrons. The van der Waals surface area contributed by atoms with Gasteiger partial charge in [0.25, 0.3) is 0 Å². The van der Waals surface area contributed by atoms with Gasteiger partial charge in [0.2, 0.25) is 5.89 Å². The first-order chi connectivity index (χ1) is 10.7. The van der Waals surface area contributed by atoms with Crippen molar-refractivity contribution in [3.63, 3.8) is 0 Å². The highest BCUT2D eigenvalue weighted by Gasteiger charge is 2.60. The molecule has 5 nitrogen and oxygen atoms in total. The summed E-state index contributed by atoms with van der Waals surface area (Å²) in [5.41, 5.74) is 1.45. The number of likely N-dealkylation sites (N-methyl/N-ethyl adjacent to an activating group) is 1. The lowest BCUT2D eigenvalue weighted by atomic mass is 9.87. The number of nitrogens with one attached hydrogen (secondary N) is 1. The quantitative estimate of drug-likeness (QED) is 0.939. The van der Waals surface area contributed by atoms with Gasteiger partial charge < -0.3 is 14.6 Å². The Kier molecular flexibility index (Phi) is 3.18. The van der Waals surface area contributed by atoms with Gasteiger partial charge in [-0.05, 0) is 32.9 Å². The molecule has 2 heterocycles. The Morgan fingerprint density at radius 2 is 2.27 bits per heavy atom. The van der Waals surface area contributed by atoms with Crippen LogP contribution in [0.4, 0.5) is 0 Å². The van der Waals surface area contributed by atoms with Crippen LogP contribution in [0.25, 0.3) is 0 Å². The van der Waals surface area contributed by atoms with E-state index in [1.165, 1.54) is 5.56 Å². The predicted octanol–water partition coefficient (Wildman–Crippen LogP) is 2.43. The van der Waals surface area contributed by atoms with E-state index in [0.717, 1.165) is 43.3 Å². The Hall–Kier alpha value is -1.88. The Morgan fingerprint density at radius 1 is 1.41 bits per heavy atom. The van der Waals surface area contributed by atoms with Gasteiger partial charge in [0.05, 0.1) is 6.61 Å². The van der Waals surface area contributed by atoms with Gasteiger partial charge in [-0.25, -0.2) is 0 Å². The lowest BCUT2D eigenvalue weighted by molar-refractivity contribution is 0.254. The van der Waals surface area contributed by atoms with Crippen LogP contribution in [-0.2, 0) is 11.8 Å². The normalized spacial score (nSPS) is 27.3. The maximum atomic E-state index is 5.78. The van der Waals surface area contributed by atoms with Gasteiger partial charge in [-0.15, -0.1) is 0 Å². The highest BCUT2D eigenvalue weighted by Crippen LogP contribution is 2.65. The summed E-state index contributed by atoms with van der Waals surface area (Å²) in [6, 6.07) is 8.69. The molecule has 3 unspecified atom stereocenters. The molecule has 2 aromatic rings. The molecule has 1 aromatic carbocycles. The minimum absolute atomic E-state index is 0.146. The summed E-state index contributed by atoms with van der Waals surface area (Å²) in [5.74, 6) is 2.93. The number of hydrogen-bond donors (Lipinski definition) is 1. The van der Waals surface area contributed by atoms with Crippen molar-refractivity contribution in [3.05, 3.63) is 41.5 Å². The molecule has 0 saturated heterocycles. The Bertz CT molecular complexity index is 684. The van der Waals surface area contributed by atoms with E-state index < -0.39 is 0 Å². The van der Waals surface area contributed by atoms with Crippen molar-refractivity contribution in [2.24, 2.45) is 0 Å². The van der Waals surface area contributed by atoms with Gasteiger partial charge in [-0.2, -0.15) is 4.98 Å². The average molecular weight is 299 g/mol. The second-order valence-electron chi connectivity index (χ2n) is 6.45. The molecule has 1 saturated carbocycles. The highest BCUT2D eigenvalue weighted by atomic mass is 16.5. The predicted molar refractivity (Wildman–Crippen MR) is 82.1 cm³/mol. The fraction of sp³-hybridized carbons (Fsp3) is 0.529. The Balaban J connectivity index is 1.58. The number of para-hydroxylation sites is 1. The number of aromatic nitrogens is 2. The van der Waals surface area contributed by atoms with Crippen molar-refractivity contribution < 1.29 is 9.26 Å². The van der Waals surface area contributed by atoms with E-state index in [0.29, 0.717) is 12.0 Å². The maximum absolute atomic E-state index is 5.78. The van der Waals surface area contributed by atoms with Crippen LogP contribution in [0.2, 0.25) is 0 Å². The SMILES string of the molecule is CNC(C)Cc1noc(C2CC23CCOc2ccccc23)n1. The van der Waals surface area contributed by atoms with Crippen molar-refractivity contribution >= 4 is 0 Å². The number of fused-ring (bicyclic) bond motifs is 2. The first-order valence-electron chi connectivity index (χ1n) is 7.95. The summed E-state index contributed by atoms with van der Waals surface area (Å²) >= 11 is 0. The molecular weight excluding hydrogens is 278 g/mol. The molecule has 1 aliphatic carbocycles. The summed E-state index contributed by atoms with van der Waals surface area (Å²) in [5, 5.41) is 7.34. The van der Waals surface area contributed by atoms with Gasteiger partial charge in [0, 0.05) is 29.4 Å². The van der Waals surface area contributed by atoms with Crippen LogP contribution in [0, 0.1) is 0 Å². The number of nitrogens with zero attached hydrogens (tertiary/aromatic N) is 2. The van der Waals surface area contributed by atoms with Crippen molar-refractivity contribution in [3.8, 4) is 5.75 Å². The molecule has 1 spiro atoms. The van der Waals surface area contributed by atoms with Gasteiger partial charge in [-0.3, -0.25) is 0 Å². The minimum atomic E-state index is 0.146. The summed E-state index contributed by atoms with van der Waals surface area (Å²) in [6.45, 7) is 2.88. The Morgan fingerprint density at radius 3 is 3.14 bits per heavy atom. The second kappa shape index (κ2) is 5.09. The summed E-state index contributed by atoms with van der Waals surface area (Å²) in [4.78, 5) is 4.62. The summed E-state index contributed by atoms with van der Waals surface area (Å²) < 4.78 is 11.3. The smallest absolute Gasteiger partial charge is 0.230 e. The fourth-order valence-corrected chi connectivity index (χ4v) is 3.55. The Labute approximate surface area is 130 Å². The second-order valence-corrected chi connectivity index (χ2v) is 6.45. The molecule has 1 aromatic heterocycles. The molecular formula is C17H21N3O2. The first-order valence-corrected chi connectivity index (χ1v) is 7.95. The number of benzene rings is 1. The van der Waals surface area contributed by atoms with Crippen molar-refractivity contribution in [2.45, 2.75) is 43.6 Å². The molecule has 22 heavy (non-hydrogen) atoms. The zero-order chi connectivity index (χ0) is 15.2. The first kappa shape index (κ1) is 13.8. The van der Waals surface area contributed by atoms with E-state index in [1.54, 1.807) is 0 Å². The van der Waals surface area contributed by atoms with Crippen LogP contribution < -0.4 is 10.1 Å². The van der Waals surface area contributed by atoms with Crippen LogP contribution in [-0.4, -0.2) is 29.8 Å². The largest absolute Gasteiger partial charge is 0.493 e. The maximum Gasteiger partial charge on any atom is 0.230 e.